The lowest BCUT2D eigenvalue weighted by Crippen LogP contribution is -2.35. The molecule has 25 heavy (non-hydrogen) atoms. The number of aromatic nitrogens is 1. The Morgan fingerprint density at radius 3 is 2.76 bits per heavy atom. The Hall–Kier alpha value is -3.08. The lowest BCUT2D eigenvalue weighted by Gasteiger charge is -2.07. The molecule has 2 aromatic rings. The summed E-state index contributed by atoms with van der Waals surface area (Å²) < 4.78 is 10.6. The number of nitrogens with zero attached hydrogens (tertiary/aromatic N) is 1. The third-order valence-electron chi connectivity index (χ3n) is 2.92. The first-order valence-corrected chi connectivity index (χ1v) is 7.96. The third kappa shape index (κ3) is 5.49. The van der Waals surface area contributed by atoms with Crippen LogP contribution < -0.4 is 15.5 Å². The van der Waals surface area contributed by atoms with Gasteiger partial charge in [-0.2, -0.15) is 0 Å². The number of carbonyl (C=O) groups is 3. The second-order valence-corrected chi connectivity index (χ2v) is 5.50. The Balaban J connectivity index is 1.62. The van der Waals surface area contributed by atoms with E-state index in [9.17, 15) is 24.3 Å². The Kier molecular flexibility index (Phi) is 6.34. The van der Waals surface area contributed by atoms with Crippen molar-refractivity contribution in [3.8, 4) is 5.88 Å². The zero-order chi connectivity index (χ0) is 18.2. The van der Waals surface area contributed by atoms with Crippen LogP contribution in [-0.2, 0) is 20.9 Å². The minimum absolute atomic E-state index is 0.0532. The smallest absolute Gasteiger partial charge is 0.325 e. The number of nitrogens with one attached hydrogen (secondary N) is 2. The highest BCUT2D eigenvalue weighted by Crippen LogP contribution is 2.07. The number of hydrogen-bond donors (Lipinski definition) is 3. The lowest BCUT2D eigenvalue weighted by atomic mass is 10.4. The van der Waals surface area contributed by atoms with Gasteiger partial charge in [0.1, 0.15) is 6.54 Å². The molecule has 11 heteroatoms. The van der Waals surface area contributed by atoms with Crippen molar-refractivity contribution < 1.29 is 28.6 Å². The molecule has 0 aliphatic rings. The molecule has 10 nitrogen and oxygen atoms in total. The van der Waals surface area contributed by atoms with E-state index < -0.39 is 30.9 Å². The molecule has 0 unspecified atom stereocenters. The summed E-state index contributed by atoms with van der Waals surface area (Å²) in [6.45, 7) is -0.770. The van der Waals surface area contributed by atoms with Crippen molar-refractivity contribution in [2.24, 2.45) is 0 Å². The van der Waals surface area contributed by atoms with Crippen LogP contribution in [0.4, 0.5) is 0 Å². The summed E-state index contributed by atoms with van der Waals surface area (Å²) in [6, 6.07) is 2.96. The molecule has 134 valence electrons. The molecule has 0 fully saturated rings. The third-order valence-corrected chi connectivity index (χ3v) is 3.67. The van der Waals surface area contributed by atoms with Crippen molar-refractivity contribution >= 4 is 29.1 Å². The van der Waals surface area contributed by atoms with E-state index in [0.717, 1.165) is 15.9 Å². The Labute approximate surface area is 145 Å². The standard InChI is InChI=1S/C14H15N3O7S/c18-10(15-3-4-17-11(19)8-25-14(17)22)7-24-12(20)6-16-13(21)9-2-1-5-23-9/h1-2,5,8,19H,3-4,6-7H2,(H,15,18)(H,16,21). The fourth-order valence-electron chi connectivity index (χ4n) is 1.73. The predicted molar refractivity (Wildman–Crippen MR) is 85.3 cm³/mol. The van der Waals surface area contributed by atoms with Crippen LogP contribution in [0.5, 0.6) is 5.88 Å². The zero-order valence-electron chi connectivity index (χ0n) is 12.9. The summed E-state index contributed by atoms with van der Waals surface area (Å²) >= 11 is 0.845. The van der Waals surface area contributed by atoms with Crippen LogP contribution in [-0.4, -0.2) is 47.2 Å². The molecule has 0 saturated heterocycles. The van der Waals surface area contributed by atoms with Gasteiger partial charge in [0.15, 0.2) is 12.4 Å². The first-order valence-electron chi connectivity index (χ1n) is 7.08. The van der Waals surface area contributed by atoms with Gasteiger partial charge in [-0.1, -0.05) is 11.3 Å². The Morgan fingerprint density at radius 1 is 1.32 bits per heavy atom. The molecule has 0 aliphatic carbocycles. The van der Waals surface area contributed by atoms with Gasteiger partial charge in [0.2, 0.25) is 5.88 Å². The van der Waals surface area contributed by atoms with Gasteiger partial charge < -0.3 is 24.9 Å². The molecule has 2 amide bonds. The number of thiazole rings is 1. The molecule has 3 N–H and O–H groups in total. The Bertz CT molecular complexity index is 794. The predicted octanol–water partition coefficient (Wildman–Crippen LogP) is -0.702. The van der Waals surface area contributed by atoms with E-state index >= 15 is 0 Å². The largest absolute Gasteiger partial charge is 0.494 e. The van der Waals surface area contributed by atoms with Gasteiger partial charge in [0.05, 0.1) is 11.6 Å². The van der Waals surface area contributed by atoms with Gasteiger partial charge in [-0.25, -0.2) is 0 Å². The summed E-state index contributed by atoms with van der Waals surface area (Å²) in [5.41, 5.74) is 0. The molecule has 2 rings (SSSR count). The van der Waals surface area contributed by atoms with E-state index in [1.54, 1.807) is 0 Å². The van der Waals surface area contributed by atoms with Crippen molar-refractivity contribution in [1.82, 2.24) is 15.2 Å². The summed E-state index contributed by atoms with van der Waals surface area (Å²) in [6.07, 6.45) is 1.32. The van der Waals surface area contributed by atoms with Gasteiger partial charge in [-0.15, -0.1) is 0 Å². The quantitative estimate of drug-likeness (QED) is 0.523. The summed E-state index contributed by atoms with van der Waals surface area (Å²) in [5.74, 6) is -2.07. The van der Waals surface area contributed by atoms with Gasteiger partial charge in [0.25, 0.3) is 11.8 Å². The highest BCUT2D eigenvalue weighted by Gasteiger charge is 2.12. The van der Waals surface area contributed by atoms with Gasteiger partial charge in [-0.3, -0.25) is 23.7 Å². The average Bonchev–Trinajstić information content (AvgIpc) is 3.23. The van der Waals surface area contributed by atoms with E-state index in [-0.39, 0.29) is 29.6 Å². The van der Waals surface area contributed by atoms with Gasteiger partial charge in [-0.05, 0) is 12.1 Å². The highest BCUT2D eigenvalue weighted by molar-refractivity contribution is 7.07. The Morgan fingerprint density at radius 2 is 2.12 bits per heavy atom. The molecule has 2 aromatic heterocycles. The molecule has 0 aromatic carbocycles. The van der Waals surface area contributed by atoms with Crippen LogP contribution in [0.15, 0.2) is 33.0 Å². The maximum atomic E-state index is 11.5. The number of hydrogen-bond acceptors (Lipinski definition) is 8. The second kappa shape index (κ2) is 8.68. The average molecular weight is 369 g/mol. The van der Waals surface area contributed by atoms with Crippen molar-refractivity contribution in [2.75, 3.05) is 19.7 Å². The molecular formula is C14H15N3O7S. The van der Waals surface area contributed by atoms with Crippen LogP contribution in [0.25, 0.3) is 0 Å². The maximum absolute atomic E-state index is 11.5. The van der Waals surface area contributed by atoms with Crippen LogP contribution in [0.2, 0.25) is 0 Å². The number of furan rings is 1. The van der Waals surface area contributed by atoms with Crippen LogP contribution >= 0.6 is 11.3 Å². The first-order chi connectivity index (χ1) is 12.0. The summed E-state index contributed by atoms with van der Waals surface area (Å²) in [7, 11) is 0. The number of carbonyl (C=O) groups excluding carboxylic acids is 3. The van der Waals surface area contributed by atoms with Crippen LogP contribution in [0, 0.1) is 0 Å². The minimum atomic E-state index is -0.790. The fraction of sp³-hybridized carbons (Fsp3) is 0.286. The van der Waals surface area contributed by atoms with Crippen molar-refractivity contribution in [3.63, 3.8) is 0 Å². The molecule has 2 heterocycles. The molecular weight excluding hydrogens is 354 g/mol. The summed E-state index contributed by atoms with van der Waals surface area (Å²) in [4.78, 5) is 45.5. The number of aromatic hydroxyl groups is 1. The van der Waals surface area contributed by atoms with Crippen molar-refractivity contribution in [1.29, 1.82) is 0 Å². The number of rotatable bonds is 8. The fourth-order valence-corrected chi connectivity index (χ4v) is 2.38. The van der Waals surface area contributed by atoms with E-state index in [1.165, 1.54) is 23.8 Å². The van der Waals surface area contributed by atoms with Crippen molar-refractivity contribution in [2.45, 2.75) is 6.54 Å². The van der Waals surface area contributed by atoms with Gasteiger partial charge in [0, 0.05) is 13.1 Å². The van der Waals surface area contributed by atoms with Crippen LogP contribution in [0.3, 0.4) is 0 Å². The second-order valence-electron chi connectivity index (χ2n) is 4.68. The SMILES string of the molecule is O=C(COC(=O)CNC(=O)c1ccco1)NCCn1c(O)csc1=O. The number of ether oxygens (including phenoxy) is 1. The van der Waals surface area contributed by atoms with E-state index in [0.29, 0.717) is 0 Å². The van der Waals surface area contributed by atoms with Crippen LogP contribution in [0.1, 0.15) is 10.6 Å². The summed E-state index contributed by atoms with van der Waals surface area (Å²) in [5, 5.41) is 15.4. The van der Waals surface area contributed by atoms with Gasteiger partial charge >= 0.3 is 10.8 Å². The minimum Gasteiger partial charge on any atom is -0.494 e. The first kappa shape index (κ1) is 18.3. The normalized spacial score (nSPS) is 10.2. The monoisotopic (exact) mass is 369 g/mol. The van der Waals surface area contributed by atoms with E-state index in [2.05, 4.69) is 10.6 Å². The van der Waals surface area contributed by atoms with E-state index in [4.69, 9.17) is 9.15 Å². The molecule has 0 aliphatic heterocycles. The zero-order valence-corrected chi connectivity index (χ0v) is 13.7. The lowest BCUT2D eigenvalue weighted by molar-refractivity contribution is -0.147. The molecule has 0 bridgehead atoms. The molecule has 0 atom stereocenters. The highest BCUT2D eigenvalue weighted by atomic mass is 32.1. The molecule has 0 spiro atoms. The van der Waals surface area contributed by atoms with E-state index in [1.807, 2.05) is 0 Å². The topological polar surface area (TPSA) is 140 Å². The maximum Gasteiger partial charge on any atom is 0.325 e. The number of esters is 1. The number of amides is 2. The molecule has 0 saturated carbocycles. The van der Waals surface area contributed by atoms with Crippen molar-refractivity contribution in [3.05, 3.63) is 39.2 Å². The molecule has 0 radical (unpaired) electrons.